The number of methoxy groups -OCH3 is 1. The third-order valence-corrected chi connectivity index (χ3v) is 3.12. The highest BCUT2D eigenvalue weighted by molar-refractivity contribution is 5.76. The second-order valence-electron chi connectivity index (χ2n) is 4.60. The van der Waals surface area contributed by atoms with Crippen molar-refractivity contribution in [2.24, 2.45) is 5.73 Å². The van der Waals surface area contributed by atoms with Crippen LogP contribution in [-0.4, -0.2) is 42.7 Å². The van der Waals surface area contributed by atoms with Gasteiger partial charge in [0, 0.05) is 25.1 Å². The number of unbranched alkanes of at least 4 members (excludes halogenated alkanes) is 1. The van der Waals surface area contributed by atoms with Crippen LogP contribution in [0, 0.1) is 0 Å². The zero-order valence-corrected chi connectivity index (χ0v) is 12.0. The van der Waals surface area contributed by atoms with E-state index in [1.165, 1.54) is 0 Å². The summed E-state index contributed by atoms with van der Waals surface area (Å²) < 4.78 is 5.29. The van der Waals surface area contributed by atoms with Gasteiger partial charge in [-0.3, -0.25) is 4.79 Å². The first-order chi connectivity index (χ1) is 9.72. The average Bonchev–Trinajstić information content (AvgIpc) is 2.47. The molecule has 20 heavy (non-hydrogen) atoms. The Morgan fingerprint density at radius 2 is 2.10 bits per heavy atom. The molecule has 0 unspecified atom stereocenters. The van der Waals surface area contributed by atoms with Crippen molar-refractivity contribution in [2.75, 3.05) is 26.8 Å². The Hall–Kier alpha value is -1.59. The number of amides is 1. The molecule has 0 saturated heterocycles. The summed E-state index contributed by atoms with van der Waals surface area (Å²) >= 11 is 0. The highest BCUT2D eigenvalue weighted by atomic mass is 16.5. The van der Waals surface area contributed by atoms with E-state index in [1.807, 2.05) is 24.3 Å². The standard InChI is InChI=1S/C15H24N2O3/c1-20-14-7-3-2-6-13(14)12-17(10-11-18)15(19)8-4-5-9-16/h2-3,6-7,18H,4-5,8-12,16H2,1H3. The van der Waals surface area contributed by atoms with Crippen LogP contribution in [0.25, 0.3) is 0 Å². The normalized spacial score (nSPS) is 10.3. The second kappa shape index (κ2) is 9.34. The number of carbonyl (C=O) groups excluding carboxylic acids is 1. The predicted molar refractivity (Wildman–Crippen MR) is 78.4 cm³/mol. The van der Waals surface area contributed by atoms with Crippen LogP contribution in [0.4, 0.5) is 0 Å². The number of hydrogen-bond acceptors (Lipinski definition) is 4. The molecule has 0 aliphatic rings. The molecular weight excluding hydrogens is 256 g/mol. The van der Waals surface area contributed by atoms with Crippen molar-refractivity contribution >= 4 is 5.91 Å². The van der Waals surface area contributed by atoms with E-state index in [4.69, 9.17) is 15.6 Å². The molecule has 5 nitrogen and oxygen atoms in total. The van der Waals surface area contributed by atoms with E-state index in [9.17, 15) is 4.79 Å². The summed E-state index contributed by atoms with van der Waals surface area (Å²) in [6.07, 6.45) is 2.09. The molecule has 0 bridgehead atoms. The number of nitrogens with two attached hydrogens (primary N) is 1. The molecule has 112 valence electrons. The van der Waals surface area contributed by atoms with E-state index in [2.05, 4.69) is 0 Å². The largest absolute Gasteiger partial charge is 0.496 e. The number of rotatable bonds is 9. The van der Waals surface area contributed by atoms with Crippen LogP contribution in [-0.2, 0) is 11.3 Å². The third-order valence-electron chi connectivity index (χ3n) is 3.12. The lowest BCUT2D eigenvalue weighted by atomic mass is 10.1. The van der Waals surface area contributed by atoms with E-state index in [1.54, 1.807) is 12.0 Å². The zero-order valence-electron chi connectivity index (χ0n) is 12.0. The van der Waals surface area contributed by atoms with Crippen LogP contribution in [0.3, 0.4) is 0 Å². The monoisotopic (exact) mass is 280 g/mol. The SMILES string of the molecule is COc1ccccc1CN(CCO)C(=O)CCCCN. The maximum Gasteiger partial charge on any atom is 0.222 e. The molecule has 0 saturated carbocycles. The molecular formula is C15H24N2O3. The molecule has 0 heterocycles. The van der Waals surface area contributed by atoms with E-state index in [0.29, 0.717) is 26.1 Å². The number of aliphatic hydroxyl groups excluding tert-OH is 1. The van der Waals surface area contributed by atoms with Crippen LogP contribution < -0.4 is 10.5 Å². The van der Waals surface area contributed by atoms with E-state index in [-0.39, 0.29) is 12.5 Å². The third kappa shape index (κ3) is 5.19. The van der Waals surface area contributed by atoms with E-state index in [0.717, 1.165) is 24.2 Å². The smallest absolute Gasteiger partial charge is 0.222 e. The minimum Gasteiger partial charge on any atom is -0.496 e. The van der Waals surface area contributed by atoms with Crippen LogP contribution in [0.1, 0.15) is 24.8 Å². The first-order valence-corrected chi connectivity index (χ1v) is 6.93. The molecule has 0 fully saturated rings. The average molecular weight is 280 g/mol. The number of carbonyl (C=O) groups is 1. The molecule has 1 aromatic rings. The summed E-state index contributed by atoms with van der Waals surface area (Å²) in [6, 6.07) is 7.59. The number of nitrogens with zero attached hydrogens (tertiary/aromatic N) is 1. The highest BCUT2D eigenvalue weighted by Gasteiger charge is 2.15. The quantitative estimate of drug-likeness (QED) is 0.665. The zero-order chi connectivity index (χ0) is 14.8. The van der Waals surface area contributed by atoms with Gasteiger partial charge in [-0.05, 0) is 25.5 Å². The lowest BCUT2D eigenvalue weighted by Crippen LogP contribution is -2.33. The number of para-hydroxylation sites is 1. The molecule has 0 radical (unpaired) electrons. The summed E-state index contributed by atoms with van der Waals surface area (Å²) in [5.74, 6) is 0.795. The van der Waals surface area contributed by atoms with Crippen molar-refractivity contribution < 1.29 is 14.6 Å². The van der Waals surface area contributed by atoms with Gasteiger partial charge in [0.05, 0.1) is 13.7 Å². The molecule has 5 heteroatoms. The summed E-state index contributed by atoms with van der Waals surface area (Å²) in [6.45, 7) is 1.34. The Morgan fingerprint density at radius 1 is 1.35 bits per heavy atom. The second-order valence-corrected chi connectivity index (χ2v) is 4.60. The molecule has 1 aromatic carbocycles. The van der Waals surface area contributed by atoms with Gasteiger partial charge in [0.2, 0.25) is 5.91 Å². The topological polar surface area (TPSA) is 75.8 Å². The Labute approximate surface area is 120 Å². The maximum absolute atomic E-state index is 12.1. The Bertz CT molecular complexity index is 410. The highest BCUT2D eigenvalue weighted by Crippen LogP contribution is 2.19. The summed E-state index contributed by atoms with van der Waals surface area (Å²) in [5.41, 5.74) is 6.37. The Kier molecular flexibility index (Phi) is 7.69. The number of aliphatic hydroxyl groups is 1. The molecule has 0 aliphatic heterocycles. The molecule has 0 aliphatic carbocycles. The lowest BCUT2D eigenvalue weighted by Gasteiger charge is -2.23. The van der Waals surface area contributed by atoms with E-state index < -0.39 is 0 Å². The first-order valence-electron chi connectivity index (χ1n) is 6.93. The molecule has 0 atom stereocenters. The minimum atomic E-state index is -0.0439. The summed E-state index contributed by atoms with van der Waals surface area (Å²) in [4.78, 5) is 13.8. The van der Waals surface area contributed by atoms with Crippen LogP contribution in [0.5, 0.6) is 5.75 Å². The molecule has 0 aromatic heterocycles. The Balaban J connectivity index is 2.68. The first kappa shape index (κ1) is 16.5. The lowest BCUT2D eigenvalue weighted by molar-refractivity contribution is -0.132. The fourth-order valence-corrected chi connectivity index (χ4v) is 2.03. The van der Waals surface area contributed by atoms with Crippen molar-refractivity contribution in [3.8, 4) is 5.75 Å². The van der Waals surface area contributed by atoms with Crippen LogP contribution in [0.2, 0.25) is 0 Å². The molecule has 1 amide bonds. The van der Waals surface area contributed by atoms with Crippen molar-refractivity contribution in [3.63, 3.8) is 0 Å². The van der Waals surface area contributed by atoms with Gasteiger partial charge in [-0.1, -0.05) is 18.2 Å². The van der Waals surface area contributed by atoms with Gasteiger partial charge >= 0.3 is 0 Å². The fourth-order valence-electron chi connectivity index (χ4n) is 2.03. The van der Waals surface area contributed by atoms with Gasteiger partial charge in [-0.25, -0.2) is 0 Å². The van der Waals surface area contributed by atoms with Gasteiger partial charge < -0.3 is 20.5 Å². The molecule has 3 N–H and O–H groups in total. The van der Waals surface area contributed by atoms with Crippen molar-refractivity contribution in [1.29, 1.82) is 0 Å². The molecule has 0 spiro atoms. The van der Waals surface area contributed by atoms with Crippen LogP contribution in [0.15, 0.2) is 24.3 Å². The van der Waals surface area contributed by atoms with Gasteiger partial charge in [-0.15, -0.1) is 0 Å². The predicted octanol–water partition coefficient (Wildman–Crippen LogP) is 1.15. The van der Waals surface area contributed by atoms with Crippen molar-refractivity contribution in [1.82, 2.24) is 4.90 Å². The van der Waals surface area contributed by atoms with Gasteiger partial charge in [0.25, 0.3) is 0 Å². The van der Waals surface area contributed by atoms with E-state index >= 15 is 0 Å². The minimum absolute atomic E-state index is 0.0402. The number of hydrogen-bond donors (Lipinski definition) is 2. The molecule has 1 rings (SSSR count). The van der Waals surface area contributed by atoms with Crippen molar-refractivity contribution in [2.45, 2.75) is 25.8 Å². The van der Waals surface area contributed by atoms with Gasteiger partial charge in [0.1, 0.15) is 5.75 Å². The van der Waals surface area contributed by atoms with Crippen molar-refractivity contribution in [3.05, 3.63) is 29.8 Å². The summed E-state index contributed by atoms with van der Waals surface area (Å²) in [5, 5.41) is 9.12. The van der Waals surface area contributed by atoms with Gasteiger partial charge in [-0.2, -0.15) is 0 Å². The maximum atomic E-state index is 12.1. The van der Waals surface area contributed by atoms with Crippen LogP contribution >= 0.6 is 0 Å². The fraction of sp³-hybridized carbons (Fsp3) is 0.533. The Morgan fingerprint density at radius 3 is 2.75 bits per heavy atom. The number of benzene rings is 1. The van der Waals surface area contributed by atoms with Gasteiger partial charge in [0.15, 0.2) is 0 Å². The summed E-state index contributed by atoms with van der Waals surface area (Å²) in [7, 11) is 1.61. The number of ether oxygens (including phenoxy) is 1.